The number of hydrogen-bond acceptors (Lipinski definition) is 5. The number of nitrogens with zero attached hydrogens (tertiary/aromatic N) is 2. The van der Waals surface area contributed by atoms with Crippen LogP contribution in [0.2, 0.25) is 0 Å². The first kappa shape index (κ1) is 27.8. The molecule has 4 N–H and O–H groups in total. The molecule has 204 valence electrons. The van der Waals surface area contributed by atoms with Crippen molar-refractivity contribution >= 4 is 23.0 Å². The van der Waals surface area contributed by atoms with Crippen LogP contribution in [0.1, 0.15) is 28.2 Å². The number of carboxylic acid groups (broad SMARTS) is 2. The van der Waals surface area contributed by atoms with Gasteiger partial charge in [0.2, 0.25) is 0 Å². The van der Waals surface area contributed by atoms with E-state index in [9.17, 15) is 28.2 Å². The number of aryl methyl sites for hydroxylation is 1. The lowest BCUT2D eigenvalue weighted by atomic mass is 9.96. The highest BCUT2D eigenvalue weighted by atomic mass is 19.4. The zero-order chi connectivity index (χ0) is 28.3. The van der Waals surface area contributed by atoms with Crippen LogP contribution >= 0.6 is 0 Å². The Morgan fingerprint density at radius 1 is 1.03 bits per heavy atom. The predicted octanol–water partition coefficient (Wildman–Crippen LogP) is 5.10. The molecule has 1 aliphatic rings. The molecule has 4 aromatic rings. The minimum Gasteiger partial charge on any atom is -0.478 e. The number of aromatic amines is 1. The van der Waals surface area contributed by atoms with Gasteiger partial charge >= 0.3 is 18.1 Å². The van der Waals surface area contributed by atoms with E-state index in [1.807, 2.05) is 31.2 Å². The van der Waals surface area contributed by atoms with Crippen LogP contribution in [0.15, 0.2) is 60.7 Å². The highest BCUT2D eigenvalue weighted by Gasteiger charge is 2.38. The number of aromatic nitrogens is 2. The van der Waals surface area contributed by atoms with Gasteiger partial charge in [-0.3, -0.25) is 4.90 Å². The molecule has 11 heteroatoms. The Hall–Kier alpha value is -4.22. The van der Waals surface area contributed by atoms with Crippen molar-refractivity contribution in [3.8, 4) is 22.3 Å². The second-order valence-electron chi connectivity index (χ2n) is 9.26. The number of likely N-dealkylation sites (tertiary alicyclic amines) is 1. The molecule has 0 saturated carbocycles. The van der Waals surface area contributed by atoms with Crippen LogP contribution in [-0.2, 0) is 11.3 Å². The molecule has 1 aromatic heterocycles. The number of halogens is 3. The Balaban J connectivity index is 0.000000448. The average molecular weight is 542 g/mol. The SMILES string of the molecule is Cc1nc2c(C(=O)O)cc(-c3ccc(-c4ccccc4CN4CCC(O)C4)cc3)cc2[nH]1.O=C(O)C(F)(F)F. The number of H-pyrrole nitrogens is 1. The highest BCUT2D eigenvalue weighted by molar-refractivity contribution is 6.03. The normalized spacial score (nSPS) is 15.7. The van der Waals surface area contributed by atoms with Gasteiger partial charge in [-0.05, 0) is 53.3 Å². The molecule has 8 nitrogen and oxygen atoms in total. The summed E-state index contributed by atoms with van der Waals surface area (Å²) in [5.41, 5.74) is 6.71. The quantitative estimate of drug-likeness (QED) is 0.277. The third-order valence-corrected chi connectivity index (χ3v) is 6.37. The number of aliphatic hydroxyl groups excluding tert-OH is 1. The van der Waals surface area contributed by atoms with Gasteiger partial charge in [0, 0.05) is 19.6 Å². The van der Waals surface area contributed by atoms with Gasteiger partial charge in [0.25, 0.3) is 0 Å². The van der Waals surface area contributed by atoms with Crippen LogP contribution in [0.4, 0.5) is 13.2 Å². The Labute approximate surface area is 221 Å². The highest BCUT2D eigenvalue weighted by Crippen LogP contribution is 2.31. The van der Waals surface area contributed by atoms with Crippen molar-refractivity contribution in [2.24, 2.45) is 0 Å². The van der Waals surface area contributed by atoms with E-state index in [4.69, 9.17) is 9.90 Å². The second kappa shape index (κ2) is 11.3. The summed E-state index contributed by atoms with van der Waals surface area (Å²) in [5, 5.41) is 26.6. The number of fused-ring (bicyclic) bond motifs is 1. The smallest absolute Gasteiger partial charge is 0.478 e. The summed E-state index contributed by atoms with van der Waals surface area (Å²) in [6.07, 6.45) is -4.48. The third-order valence-electron chi connectivity index (χ3n) is 6.37. The average Bonchev–Trinajstić information content (AvgIpc) is 3.47. The first-order chi connectivity index (χ1) is 18.4. The van der Waals surface area contributed by atoms with Gasteiger partial charge in [0.15, 0.2) is 0 Å². The predicted molar refractivity (Wildman–Crippen MR) is 138 cm³/mol. The summed E-state index contributed by atoms with van der Waals surface area (Å²) >= 11 is 0. The first-order valence-electron chi connectivity index (χ1n) is 12.0. The number of nitrogens with one attached hydrogen (secondary N) is 1. The number of β-amino-alcohol motifs (C(OH)–C–C–N with tert-alkyl or cyclic N) is 1. The molecule has 1 atom stereocenters. The molecular formula is C28H26F3N3O5. The van der Waals surface area contributed by atoms with Gasteiger partial charge in [-0.2, -0.15) is 13.2 Å². The fraction of sp³-hybridized carbons (Fsp3) is 0.250. The van der Waals surface area contributed by atoms with Gasteiger partial charge in [-0.15, -0.1) is 0 Å². The fourth-order valence-corrected chi connectivity index (χ4v) is 4.55. The zero-order valence-electron chi connectivity index (χ0n) is 20.9. The van der Waals surface area contributed by atoms with Gasteiger partial charge in [-0.25, -0.2) is 14.6 Å². The molecule has 5 rings (SSSR count). The van der Waals surface area contributed by atoms with Crippen molar-refractivity contribution in [3.63, 3.8) is 0 Å². The van der Waals surface area contributed by atoms with Gasteiger partial charge in [0.05, 0.1) is 17.2 Å². The summed E-state index contributed by atoms with van der Waals surface area (Å²) in [7, 11) is 0. The van der Waals surface area contributed by atoms with Crippen LogP contribution in [0.5, 0.6) is 0 Å². The van der Waals surface area contributed by atoms with Gasteiger partial charge in [-0.1, -0.05) is 48.5 Å². The van der Waals surface area contributed by atoms with Crippen LogP contribution in [0, 0.1) is 6.92 Å². The van der Waals surface area contributed by atoms with E-state index in [1.165, 1.54) is 11.1 Å². The van der Waals surface area contributed by atoms with Crippen LogP contribution in [0.25, 0.3) is 33.3 Å². The number of aliphatic hydroxyl groups is 1. The van der Waals surface area contributed by atoms with Crippen molar-refractivity contribution in [1.29, 1.82) is 0 Å². The number of alkyl halides is 3. The third kappa shape index (κ3) is 6.62. The number of aromatic carboxylic acids is 1. The zero-order valence-corrected chi connectivity index (χ0v) is 20.9. The molecule has 0 aliphatic carbocycles. The Bertz CT molecular complexity index is 1500. The van der Waals surface area contributed by atoms with Crippen molar-refractivity contribution in [2.75, 3.05) is 13.1 Å². The van der Waals surface area contributed by atoms with Crippen molar-refractivity contribution in [1.82, 2.24) is 14.9 Å². The summed E-state index contributed by atoms with van der Waals surface area (Å²) in [6, 6.07) is 20.2. The summed E-state index contributed by atoms with van der Waals surface area (Å²) in [4.78, 5) is 30.4. The maximum absolute atomic E-state index is 11.8. The van der Waals surface area contributed by atoms with E-state index in [2.05, 4.69) is 45.2 Å². The molecular weight excluding hydrogens is 515 g/mol. The lowest BCUT2D eigenvalue weighted by molar-refractivity contribution is -0.192. The lowest BCUT2D eigenvalue weighted by Gasteiger charge is -2.18. The molecule has 39 heavy (non-hydrogen) atoms. The van der Waals surface area contributed by atoms with Gasteiger partial charge < -0.3 is 20.3 Å². The number of benzene rings is 3. The van der Waals surface area contributed by atoms with E-state index in [-0.39, 0.29) is 11.7 Å². The van der Waals surface area contributed by atoms with Crippen LogP contribution in [0.3, 0.4) is 0 Å². The number of carboxylic acids is 2. The minimum atomic E-state index is -5.08. The molecule has 1 unspecified atom stereocenters. The molecule has 2 heterocycles. The molecule has 1 aliphatic heterocycles. The van der Waals surface area contributed by atoms with Crippen molar-refractivity contribution in [3.05, 3.63) is 77.6 Å². The lowest BCUT2D eigenvalue weighted by Crippen LogP contribution is -2.21. The van der Waals surface area contributed by atoms with Crippen molar-refractivity contribution in [2.45, 2.75) is 32.2 Å². The van der Waals surface area contributed by atoms with E-state index >= 15 is 0 Å². The number of imidazole rings is 1. The number of aliphatic carboxylic acids is 1. The standard InChI is InChI=1S/C26H25N3O3.C2HF3O2/c1-16-27-24-13-20(12-23(26(31)32)25(24)28-16)17-6-8-18(9-7-17)22-5-3-2-4-19(22)14-29-11-10-21(30)15-29;3-2(4,5)1(6)7/h2-9,12-13,21,30H,10-11,14-15H2,1H3,(H,27,28)(H,31,32);(H,6,7). The molecule has 1 saturated heterocycles. The molecule has 3 aromatic carbocycles. The molecule has 0 spiro atoms. The number of hydrogen-bond donors (Lipinski definition) is 4. The van der Waals surface area contributed by atoms with Crippen LogP contribution in [-0.4, -0.2) is 67.5 Å². The first-order valence-corrected chi connectivity index (χ1v) is 12.0. The molecule has 0 radical (unpaired) electrons. The Morgan fingerprint density at radius 2 is 1.67 bits per heavy atom. The molecule has 1 fully saturated rings. The second-order valence-corrected chi connectivity index (χ2v) is 9.26. The van der Waals surface area contributed by atoms with Crippen LogP contribution < -0.4 is 0 Å². The fourth-order valence-electron chi connectivity index (χ4n) is 4.55. The molecule has 0 bridgehead atoms. The Morgan fingerprint density at radius 3 is 2.26 bits per heavy atom. The number of carbonyl (C=O) groups is 2. The largest absolute Gasteiger partial charge is 0.490 e. The van der Waals surface area contributed by atoms with Gasteiger partial charge in [0.1, 0.15) is 11.3 Å². The topological polar surface area (TPSA) is 127 Å². The maximum atomic E-state index is 11.8. The van der Waals surface area contributed by atoms with E-state index in [1.54, 1.807) is 6.07 Å². The summed E-state index contributed by atoms with van der Waals surface area (Å²) in [6.45, 7) is 4.26. The van der Waals surface area contributed by atoms with E-state index in [0.29, 0.717) is 17.9 Å². The number of rotatable bonds is 5. The molecule has 0 amide bonds. The minimum absolute atomic E-state index is 0.198. The monoisotopic (exact) mass is 541 g/mol. The Kier molecular flexibility index (Phi) is 8.03. The summed E-state index contributed by atoms with van der Waals surface area (Å²) < 4.78 is 31.7. The van der Waals surface area contributed by atoms with E-state index < -0.39 is 18.1 Å². The maximum Gasteiger partial charge on any atom is 0.490 e. The van der Waals surface area contributed by atoms with Crippen molar-refractivity contribution < 1.29 is 38.1 Å². The summed E-state index contributed by atoms with van der Waals surface area (Å²) in [5.74, 6) is -3.05. The van der Waals surface area contributed by atoms with E-state index in [0.717, 1.165) is 41.7 Å².